The molecule has 2 aliphatic rings. The average molecular weight is 601 g/mol. The Morgan fingerprint density at radius 1 is 0.864 bits per heavy atom. The molecule has 0 radical (unpaired) electrons. The standard InChI is InChI=1S/C38H48O6/c1-22(2)11-10-12-25(7)16-17-37-21-26(14-13-23(3)4)36(8,9)38(35(37)43,18-15-24(5)6)34-31(33(37)42)32(41)27-19-28(39)29(40)20-30(27)44-34/h11,13,15-16,19-20,26,39-40H,10,12,14,17-18,21H2,1-9H3/b25-16+/t26-,37-,38+/m0/s1. The SMILES string of the molecule is CC(C)=CCC/C(C)=C/C[C@@]12C[C@H](CC=C(C)C)C(C)(C)[C@@](CC=C(C)C)(C1=O)c1oc3cc(O)c(O)cc3c(=O)c1C2=O. The number of rotatable bonds is 9. The number of phenols is 2. The van der Waals surface area contributed by atoms with Gasteiger partial charge in [0.25, 0.3) is 0 Å². The van der Waals surface area contributed by atoms with E-state index in [4.69, 9.17) is 4.42 Å². The maximum atomic E-state index is 15.3. The normalized spacial score (nSPS) is 24.1. The van der Waals surface area contributed by atoms with Gasteiger partial charge < -0.3 is 14.6 Å². The van der Waals surface area contributed by atoms with Crippen molar-refractivity contribution in [1.29, 1.82) is 0 Å². The molecule has 0 amide bonds. The van der Waals surface area contributed by atoms with E-state index in [9.17, 15) is 19.8 Å². The number of carbonyl (C=O) groups is 2. The fourth-order valence-electron chi connectivity index (χ4n) is 7.24. The summed E-state index contributed by atoms with van der Waals surface area (Å²) in [7, 11) is 0. The number of fused-ring (bicyclic) bond motifs is 5. The summed E-state index contributed by atoms with van der Waals surface area (Å²) in [5.74, 6) is -1.60. The maximum Gasteiger partial charge on any atom is 0.204 e. The number of hydrogen-bond acceptors (Lipinski definition) is 6. The highest BCUT2D eigenvalue weighted by Crippen LogP contribution is 2.65. The minimum Gasteiger partial charge on any atom is -0.504 e. The van der Waals surface area contributed by atoms with Gasteiger partial charge in [-0.1, -0.05) is 60.4 Å². The number of benzene rings is 1. The summed E-state index contributed by atoms with van der Waals surface area (Å²) in [6.07, 6.45) is 11.5. The largest absolute Gasteiger partial charge is 0.504 e. The van der Waals surface area contributed by atoms with Gasteiger partial charge in [0, 0.05) is 6.07 Å². The van der Waals surface area contributed by atoms with Crippen LogP contribution in [0.5, 0.6) is 11.5 Å². The van der Waals surface area contributed by atoms with Crippen LogP contribution in [-0.4, -0.2) is 21.8 Å². The average Bonchev–Trinajstić information content (AvgIpc) is 2.92. The Bertz CT molecular complexity index is 1680. The second kappa shape index (κ2) is 12.0. The van der Waals surface area contributed by atoms with Gasteiger partial charge in [-0.2, -0.15) is 0 Å². The Hall–Kier alpha value is -3.67. The quantitative estimate of drug-likeness (QED) is 0.169. The molecule has 1 aromatic carbocycles. The van der Waals surface area contributed by atoms with Crippen LogP contribution in [0.4, 0.5) is 0 Å². The molecular formula is C38H48O6. The number of carbonyl (C=O) groups excluding carboxylic acids is 2. The fraction of sp³-hybridized carbons (Fsp3) is 0.500. The van der Waals surface area contributed by atoms with Gasteiger partial charge in [0.05, 0.1) is 16.2 Å². The number of Topliss-reactive ketones (excluding diaryl/α,β-unsaturated/α-hetero) is 2. The van der Waals surface area contributed by atoms with Gasteiger partial charge in [0.1, 0.15) is 16.9 Å². The molecule has 44 heavy (non-hydrogen) atoms. The van der Waals surface area contributed by atoms with Crippen molar-refractivity contribution in [1.82, 2.24) is 0 Å². The first-order valence-electron chi connectivity index (χ1n) is 15.7. The van der Waals surface area contributed by atoms with Crippen molar-refractivity contribution in [3.05, 3.63) is 80.3 Å². The molecule has 1 aromatic heterocycles. The number of allylic oxidation sites excluding steroid dienone is 8. The van der Waals surface area contributed by atoms with Crippen LogP contribution in [0.3, 0.4) is 0 Å². The van der Waals surface area contributed by atoms with Crippen LogP contribution in [0.15, 0.2) is 67.9 Å². The molecule has 1 heterocycles. The Morgan fingerprint density at radius 3 is 2.09 bits per heavy atom. The van der Waals surface area contributed by atoms with E-state index >= 15 is 4.79 Å². The number of phenolic OH excluding ortho intramolecular Hbond substituents is 2. The molecule has 0 saturated heterocycles. The van der Waals surface area contributed by atoms with Crippen LogP contribution in [0.1, 0.15) is 117 Å². The Labute approximate surface area is 261 Å². The predicted octanol–water partition coefficient (Wildman–Crippen LogP) is 9.04. The molecule has 3 atom stereocenters. The second-order valence-electron chi connectivity index (χ2n) is 14.3. The number of ketones is 2. The van der Waals surface area contributed by atoms with Crippen LogP contribution in [0.25, 0.3) is 11.0 Å². The third kappa shape index (κ3) is 5.41. The van der Waals surface area contributed by atoms with Crippen molar-refractivity contribution in [2.24, 2.45) is 16.7 Å². The van der Waals surface area contributed by atoms with Crippen molar-refractivity contribution >= 4 is 22.5 Å². The van der Waals surface area contributed by atoms with Gasteiger partial charge in [-0.15, -0.1) is 0 Å². The predicted molar refractivity (Wildman–Crippen MR) is 176 cm³/mol. The molecule has 2 bridgehead atoms. The van der Waals surface area contributed by atoms with Gasteiger partial charge >= 0.3 is 0 Å². The molecule has 0 spiro atoms. The van der Waals surface area contributed by atoms with E-state index in [0.29, 0.717) is 12.8 Å². The zero-order chi connectivity index (χ0) is 32.8. The highest BCUT2D eigenvalue weighted by atomic mass is 16.3. The van der Waals surface area contributed by atoms with Crippen LogP contribution >= 0.6 is 0 Å². The van der Waals surface area contributed by atoms with Gasteiger partial charge in [0.2, 0.25) is 5.43 Å². The lowest BCUT2D eigenvalue weighted by atomic mass is 9.40. The van der Waals surface area contributed by atoms with Crippen molar-refractivity contribution < 1.29 is 24.2 Å². The topological polar surface area (TPSA) is 105 Å². The van der Waals surface area contributed by atoms with Crippen LogP contribution in [0.2, 0.25) is 0 Å². The van der Waals surface area contributed by atoms with E-state index in [-0.39, 0.29) is 46.8 Å². The Balaban J connectivity index is 2.09. The van der Waals surface area contributed by atoms with Crippen molar-refractivity contribution in [2.45, 2.75) is 106 Å². The molecule has 0 unspecified atom stereocenters. The summed E-state index contributed by atoms with van der Waals surface area (Å²) in [5.41, 5.74) is 0.408. The van der Waals surface area contributed by atoms with Gasteiger partial charge in [-0.05, 0) is 104 Å². The molecule has 2 aromatic rings. The first-order chi connectivity index (χ1) is 20.5. The summed E-state index contributed by atoms with van der Waals surface area (Å²) < 4.78 is 6.44. The zero-order valence-electron chi connectivity index (χ0n) is 27.8. The van der Waals surface area contributed by atoms with Crippen molar-refractivity contribution in [3.8, 4) is 11.5 Å². The van der Waals surface area contributed by atoms with Crippen molar-refractivity contribution in [2.75, 3.05) is 0 Å². The van der Waals surface area contributed by atoms with E-state index in [0.717, 1.165) is 35.6 Å². The molecule has 4 rings (SSSR count). The monoisotopic (exact) mass is 600 g/mol. The molecular weight excluding hydrogens is 552 g/mol. The lowest BCUT2D eigenvalue weighted by molar-refractivity contribution is -0.151. The highest BCUT2D eigenvalue weighted by Gasteiger charge is 2.72. The van der Waals surface area contributed by atoms with E-state index in [1.54, 1.807) is 0 Å². The molecule has 1 fully saturated rings. The lowest BCUT2D eigenvalue weighted by Gasteiger charge is -2.60. The molecule has 1 saturated carbocycles. The summed E-state index contributed by atoms with van der Waals surface area (Å²) in [6, 6.07) is 2.33. The highest BCUT2D eigenvalue weighted by molar-refractivity contribution is 6.23. The summed E-state index contributed by atoms with van der Waals surface area (Å²) in [5, 5.41) is 20.5. The van der Waals surface area contributed by atoms with Crippen LogP contribution in [0, 0.1) is 16.7 Å². The summed E-state index contributed by atoms with van der Waals surface area (Å²) in [4.78, 5) is 44.3. The van der Waals surface area contributed by atoms with Gasteiger partial charge in [0.15, 0.2) is 23.1 Å². The summed E-state index contributed by atoms with van der Waals surface area (Å²) in [6.45, 7) is 18.3. The third-order valence-corrected chi connectivity index (χ3v) is 10.1. The van der Waals surface area contributed by atoms with E-state index in [1.165, 1.54) is 11.6 Å². The maximum absolute atomic E-state index is 15.3. The molecule has 2 aliphatic carbocycles. The Morgan fingerprint density at radius 2 is 1.48 bits per heavy atom. The smallest absolute Gasteiger partial charge is 0.204 e. The van der Waals surface area contributed by atoms with E-state index < -0.39 is 39.0 Å². The first kappa shape index (κ1) is 33.2. The Kier molecular flexibility index (Phi) is 9.08. The second-order valence-corrected chi connectivity index (χ2v) is 14.3. The van der Waals surface area contributed by atoms with E-state index in [1.807, 2.05) is 46.8 Å². The minimum absolute atomic E-state index is 0.000297. The molecule has 6 heteroatoms. The van der Waals surface area contributed by atoms with Crippen LogP contribution in [-0.2, 0) is 10.2 Å². The van der Waals surface area contributed by atoms with Crippen LogP contribution < -0.4 is 5.43 Å². The van der Waals surface area contributed by atoms with Crippen molar-refractivity contribution in [3.63, 3.8) is 0 Å². The molecule has 6 nitrogen and oxygen atoms in total. The minimum atomic E-state index is -1.43. The molecule has 0 aliphatic heterocycles. The van der Waals surface area contributed by atoms with Gasteiger partial charge in [-0.3, -0.25) is 14.4 Å². The lowest BCUT2D eigenvalue weighted by Crippen LogP contribution is -2.68. The summed E-state index contributed by atoms with van der Waals surface area (Å²) >= 11 is 0. The molecule has 2 N–H and O–H groups in total. The zero-order valence-corrected chi connectivity index (χ0v) is 27.8. The van der Waals surface area contributed by atoms with Gasteiger partial charge in [-0.25, -0.2) is 0 Å². The third-order valence-electron chi connectivity index (χ3n) is 10.1. The number of aromatic hydroxyl groups is 2. The van der Waals surface area contributed by atoms with E-state index in [2.05, 4.69) is 39.8 Å². The number of hydrogen-bond donors (Lipinski definition) is 2. The molecule has 236 valence electrons. The fourth-order valence-corrected chi connectivity index (χ4v) is 7.24. The first-order valence-corrected chi connectivity index (χ1v) is 15.7.